The number of carbonyl (C=O) groups excluding carboxylic acids is 2. The second kappa shape index (κ2) is 17.0. The van der Waals surface area contributed by atoms with Crippen LogP contribution in [-0.2, 0) is 16.1 Å². The van der Waals surface area contributed by atoms with E-state index in [-0.39, 0.29) is 24.5 Å². The van der Waals surface area contributed by atoms with Crippen LogP contribution in [0.4, 0.5) is 18.9 Å². The van der Waals surface area contributed by atoms with Crippen molar-refractivity contribution < 1.29 is 42.1 Å². The maximum Gasteiger partial charge on any atom is 0.490 e. The van der Waals surface area contributed by atoms with Gasteiger partial charge in [0.05, 0.1) is 18.4 Å². The molecule has 0 saturated heterocycles. The number of ether oxygens (including phenoxy) is 2. The zero-order valence-corrected chi connectivity index (χ0v) is 26.9. The van der Waals surface area contributed by atoms with E-state index in [1.807, 2.05) is 70.2 Å². The molecule has 0 aliphatic heterocycles. The van der Waals surface area contributed by atoms with Gasteiger partial charge in [0.25, 0.3) is 5.91 Å². The summed E-state index contributed by atoms with van der Waals surface area (Å²) in [5.41, 5.74) is 2.47. The molecule has 0 saturated carbocycles. The predicted molar refractivity (Wildman–Crippen MR) is 175 cm³/mol. The zero-order valence-electron chi connectivity index (χ0n) is 26.9. The number of anilines is 1. The number of halogens is 3. The number of carboxylic acid groups (broad SMARTS) is 1. The largest absolute Gasteiger partial charge is 0.490 e. The average molecular weight is 670 g/mol. The maximum absolute atomic E-state index is 13.9. The fraction of sp³-hybridized carbons (Fsp3) is 0.294. The van der Waals surface area contributed by atoms with Crippen molar-refractivity contribution in [3.05, 3.63) is 95.8 Å². The van der Waals surface area contributed by atoms with E-state index in [4.69, 9.17) is 25.2 Å². The van der Waals surface area contributed by atoms with Crippen molar-refractivity contribution in [1.82, 2.24) is 15.6 Å². The highest BCUT2D eigenvalue weighted by molar-refractivity contribution is 5.96. The molecule has 1 heterocycles. The summed E-state index contributed by atoms with van der Waals surface area (Å²) in [7, 11) is 0. The van der Waals surface area contributed by atoms with Gasteiger partial charge in [0.2, 0.25) is 5.91 Å². The highest BCUT2D eigenvalue weighted by atomic mass is 19.4. The van der Waals surface area contributed by atoms with Crippen LogP contribution in [0.5, 0.6) is 11.5 Å². The Morgan fingerprint density at radius 2 is 1.67 bits per heavy atom. The summed E-state index contributed by atoms with van der Waals surface area (Å²) in [6.45, 7) is 8.71. The maximum atomic E-state index is 13.9. The van der Waals surface area contributed by atoms with Gasteiger partial charge in [-0.25, -0.2) is 10.6 Å². The molecular weight excluding hydrogens is 631 g/mol. The third-order valence-electron chi connectivity index (χ3n) is 6.69. The summed E-state index contributed by atoms with van der Waals surface area (Å²) in [6.07, 6.45) is -1.65. The Bertz CT molecular complexity index is 1720. The third-order valence-corrected chi connectivity index (χ3v) is 6.69. The first-order chi connectivity index (χ1) is 22.8. The Morgan fingerprint density at radius 1 is 0.958 bits per heavy atom. The number of hydrazine groups is 1. The molecule has 4 aromatic rings. The highest BCUT2D eigenvalue weighted by Gasteiger charge is 2.38. The number of amides is 2. The highest BCUT2D eigenvalue weighted by Crippen LogP contribution is 2.35. The van der Waals surface area contributed by atoms with Gasteiger partial charge in [-0.05, 0) is 80.6 Å². The van der Waals surface area contributed by atoms with E-state index in [9.17, 15) is 22.8 Å². The Kier molecular flexibility index (Phi) is 13.1. The second-order valence-corrected chi connectivity index (χ2v) is 10.6. The normalized spacial score (nSPS) is 11.6. The molecule has 3 aromatic carbocycles. The first-order valence-electron chi connectivity index (χ1n) is 15.0. The Balaban J connectivity index is 0.000000804. The molecule has 0 fully saturated rings. The Labute approximate surface area is 275 Å². The summed E-state index contributed by atoms with van der Waals surface area (Å²) < 4.78 is 43.5. The fourth-order valence-electron chi connectivity index (χ4n) is 4.56. The van der Waals surface area contributed by atoms with Crippen LogP contribution in [0.2, 0.25) is 0 Å². The minimum Gasteiger partial charge on any atom is -0.490 e. The molecule has 256 valence electrons. The molecule has 1 atom stereocenters. The van der Waals surface area contributed by atoms with Gasteiger partial charge in [0.15, 0.2) is 11.5 Å². The van der Waals surface area contributed by atoms with Crippen LogP contribution < -0.4 is 31.0 Å². The first kappa shape index (κ1) is 37.1. The number of carbonyl (C=O) groups is 3. The number of carboxylic acids is 1. The zero-order chi connectivity index (χ0) is 35.4. The molecule has 0 aliphatic carbocycles. The van der Waals surface area contributed by atoms with Gasteiger partial charge in [-0.3, -0.25) is 19.6 Å². The second-order valence-electron chi connectivity index (χ2n) is 10.6. The van der Waals surface area contributed by atoms with Crippen LogP contribution in [0.1, 0.15) is 55.2 Å². The molecule has 5 N–H and O–H groups in total. The number of nitrogens with two attached hydrogens (primary N) is 1. The van der Waals surface area contributed by atoms with E-state index in [0.29, 0.717) is 47.0 Å². The number of rotatable bonds is 12. The van der Waals surface area contributed by atoms with E-state index in [0.717, 1.165) is 10.8 Å². The van der Waals surface area contributed by atoms with Gasteiger partial charge in [-0.2, -0.15) is 13.2 Å². The summed E-state index contributed by atoms with van der Waals surface area (Å²) in [5, 5.41) is 16.3. The van der Waals surface area contributed by atoms with Gasteiger partial charge in [0.1, 0.15) is 6.04 Å². The number of benzene rings is 3. The lowest BCUT2D eigenvalue weighted by Gasteiger charge is -2.30. The van der Waals surface area contributed by atoms with Crippen LogP contribution in [0.3, 0.4) is 0 Å². The minimum atomic E-state index is -5.08. The molecule has 0 bridgehead atoms. The van der Waals surface area contributed by atoms with Crippen molar-refractivity contribution in [2.24, 2.45) is 5.84 Å². The molecule has 14 heteroatoms. The number of fused-ring (bicyclic) bond motifs is 1. The van der Waals surface area contributed by atoms with Gasteiger partial charge in [-0.1, -0.05) is 30.3 Å². The molecule has 4 rings (SSSR count). The molecule has 1 unspecified atom stereocenters. The third kappa shape index (κ3) is 10.1. The predicted octanol–water partition coefficient (Wildman–Crippen LogP) is 5.54. The summed E-state index contributed by atoms with van der Waals surface area (Å²) in [4.78, 5) is 39.6. The monoisotopic (exact) mass is 669 g/mol. The van der Waals surface area contributed by atoms with Crippen LogP contribution in [0.15, 0.2) is 79.1 Å². The van der Waals surface area contributed by atoms with Gasteiger partial charge < -0.3 is 25.2 Å². The van der Waals surface area contributed by atoms with E-state index in [2.05, 4.69) is 15.6 Å². The van der Waals surface area contributed by atoms with Gasteiger partial charge in [0, 0.05) is 36.4 Å². The van der Waals surface area contributed by atoms with Gasteiger partial charge in [-0.15, -0.1) is 0 Å². The van der Waals surface area contributed by atoms with Crippen molar-refractivity contribution in [1.29, 1.82) is 0 Å². The number of nitrogens with one attached hydrogen (secondary N) is 2. The molecular formula is C34H38F3N5O6. The fourth-order valence-corrected chi connectivity index (χ4v) is 4.56. The molecule has 0 spiro atoms. The van der Waals surface area contributed by atoms with Crippen molar-refractivity contribution >= 4 is 34.2 Å². The quantitative estimate of drug-likeness (QED) is 0.112. The molecule has 0 radical (unpaired) electrons. The van der Waals surface area contributed by atoms with E-state index in [1.165, 1.54) is 5.01 Å². The van der Waals surface area contributed by atoms with Crippen LogP contribution in [0, 0.1) is 0 Å². The standard InChI is InChI=1S/C32H37N5O4.C2HF3O2/c1-5-35-31(38)27-10-8-7-9-25(27)20-36-32(39)30(23-12-14-28(41-21(3)4)29(18-23)40-6-2)37(33)26-13-11-24-19-34-16-15-22(24)17-26;3-2(4,5)1(6)7/h7-19,21,30H,5-6,20,33H2,1-4H3,(H,35,38)(H,36,39);(H,6,7). The average Bonchev–Trinajstić information content (AvgIpc) is 3.04. The van der Waals surface area contributed by atoms with E-state index >= 15 is 0 Å². The number of alkyl halides is 3. The minimum absolute atomic E-state index is 0.0535. The van der Waals surface area contributed by atoms with Crippen molar-refractivity contribution in [2.45, 2.75) is 52.6 Å². The van der Waals surface area contributed by atoms with Crippen molar-refractivity contribution in [2.75, 3.05) is 18.2 Å². The SMILES string of the molecule is CCNC(=O)c1ccccc1CNC(=O)C(c1ccc(OC(C)C)c(OCC)c1)N(N)c1ccc2cnccc2c1.O=C(O)C(F)(F)F. The number of aromatic nitrogens is 1. The summed E-state index contributed by atoms with van der Waals surface area (Å²) >= 11 is 0. The molecule has 0 aliphatic rings. The van der Waals surface area contributed by atoms with Crippen LogP contribution in [0.25, 0.3) is 10.8 Å². The van der Waals surface area contributed by atoms with Crippen LogP contribution in [-0.4, -0.2) is 53.3 Å². The van der Waals surface area contributed by atoms with E-state index in [1.54, 1.807) is 36.7 Å². The number of nitrogens with zero attached hydrogens (tertiary/aromatic N) is 2. The smallest absolute Gasteiger partial charge is 0.490 e. The van der Waals surface area contributed by atoms with Crippen LogP contribution >= 0.6 is 0 Å². The number of hydrogen-bond acceptors (Lipinski definition) is 8. The lowest BCUT2D eigenvalue weighted by molar-refractivity contribution is -0.192. The van der Waals surface area contributed by atoms with Crippen molar-refractivity contribution in [3.63, 3.8) is 0 Å². The molecule has 2 amide bonds. The first-order valence-corrected chi connectivity index (χ1v) is 15.0. The number of pyridine rings is 1. The Morgan fingerprint density at radius 3 is 2.31 bits per heavy atom. The lowest BCUT2D eigenvalue weighted by Crippen LogP contribution is -2.44. The summed E-state index contributed by atoms with van der Waals surface area (Å²) in [6, 6.07) is 19.3. The lowest BCUT2D eigenvalue weighted by atomic mass is 10.0. The number of aliphatic carboxylic acids is 1. The number of hydrogen-bond donors (Lipinski definition) is 4. The van der Waals surface area contributed by atoms with E-state index < -0.39 is 18.2 Å². The molecule has 1 aromatic heterocycles. The topological polar surface area (TPSA) is 156 Å². The Hall–Kier alpha value is -5.37. The van der Waals surface area contributed by atoms with Crippen molar-refractivity contribution in [3.8, 4) is 11.5 Å². The molecule has 11 nitrogen and oxygen atoms in total. The summed E-state index contributed by atoms with van der Waals surface area (Å²) in [5.74, 6) is 4.53. The molecule has 48 heavy (non-hydrogen) atoms. The van der Waals surface area contributed by atoms with Gasteiger partial charge >= 0.3 is 12.1 Å².